The number of hydrogen-bond acceptors (Lipinski definition) is 5. The number of carbonyl (C=O) groups is 2. The number of aromatic nitrogens is 3. The van der Waals surface area contributed by atoms with Gasteiger partial charge in [-0.2, -0.15) is 5.10 Å². The molecule has 0 unspecified atom stereocenters. The minimum Gasteiger partial charge on any atom is -0.465 e. The van der Waals surface area contributed by atoms with Crippen LogP contribution in [0.3, 0.4) is 0 Å². The standard InChI is InChI=1S/C23H31N5O4/c1-14-2-3-15(13-24-14)10-22(30)25-21-12-20(26-27-21)16-4-5-18(11-16)28(23(31)32)17-6-8-19(29)9-7-17/h2-3,12-13,16-19,29H,4-11H2,1H3,(H,31,32)(H2,25,26,27,30)/t16-,17-,18+,19-/m1/s1. The molecule has 2 atom stereocenters. The number of carbonyl (C=O) groups excluding carboxylic acids is 1. The Balaban J connectivity index is 1.33. The van der Waals surface area contributed by atoms with Gasteiger partial charge in [-0.15, -0.1) is 0 Å². The van der Waals surface area contributed by atoms with E-state index in [0.717, 1.165) is 36.2 Å². The average molecular weight is 442 g/mol. The first-order valence-electron chi connectivity index (χ1n) is 11.3. The number of aliphatic hydroxyl groups is 1. The number of aryl methyl sites for hydroxylation is 1. The van der Waals surface area contributed by atoms with Crippen molar-refractivity contribution in [3.8, 4) is 0 Å². The number of nitrogens with one attached hydrogen (secondary N) is 2. The van der Waals surface area contributed by atoms with Crippen molar-refractivity contribution in [1.29, 1.82) is 0 Å². The van der Waals surface area contributed by atoms with Crippen molar-refractivity contribution < 1.29 is 19.8 Å². The number of amides is 2. The van der Waals surface area contributed by atoms with E-state index in [1.807, 2.05) is 25.1 Å². The highest BCUT2D eigenvalue weighted by molar-refractivity contribution is 5.91. The van der Waals surface area contributed by atoms with E-state index in [1.54, 1.807) is 11.1 Å². The number of pyridine rings is 1. The van der Waals surface area contributed by atoms with Crippen LogP contribution in [-0.4, -0.2) is 60.5 Å². The summed E-state index contributed by atoms with van der Waals surface area (Å²) in [5, 5.41) is 29.7. The van der Waals surface area contributed by atoms with Gasteiger partial charge in [0.1, 0.15) is 0 Å². The van der Waals surface area contributed by atoms with Crippen LogP contribution in [0.4, 0.5) is 10.6 Å². The van der Waals surface area contributed by atoms with Crippen LogP contribution in [0.1, 0.15) is 67.8 Å². The van der Waals surface area contributed by atoms with Gasteiger partial charge >= 0.3 is 6.09 Å². The maximum absolute atomic E-state index is 12.3. The van der Waals surface area contributed by atoms with E-state index in [1.165, 1.54) is 0 Å². The molecule has 9 nitrogen and oxygen atoms in total. The second-order valence-electron chi connectivity index (χ2n) is 9.06. The third kappa shape index (κ3) is 5.27. The van der Waals surface area contributed by atoms with Crippen LogP contribution in [0, 0.1) is 6.92 Å². The van der Waals surface area contributed by atoms with E-state index in [4.69, 9.17) is 0 Å². The maximum atomic E-state index is 12.3. The third-order valence-corrected chi connectivity index (χ3v) is 6.72. The third-order valence-electron chi connectivity index (χ3n) is 6.72. The van der Waals surface area contributed by atoms with Crippen LogP contribution >= 0.6 is 0 Å². The van der Waals surface area contributed by atoms with Crippen molar-refractivity contribution in [2.75, 3.05) is 5.32 Å². The quantitative estimate of drug-likeness (QED) is 0.544. The first-order chi connectivity index (χ1) is 15.4. The molecule has 2 fully saturated rings. The predicted octanol–water partition coefficient (Wildman–Crippen LogP) is 3.21. The van der Waals surface area contributed by atoms with Gasteiger partial charge in [0.25, 0.3) is 0 Å². The van der Waals surface area contributed by atoms with Gasteiger partial charge in [0.15, 0.2) is 5.82 Å². The fourth-order valence-electron chi connectivity index (χ4n) is 5.02. The van der Waals surface area contributed by atoms with Crippen LogP contribution in [0.15, 0.2) is 24.4 Å². The number of H-pyrrole nitrogens is 1. The summed E-state index contributed by atoms with van der Waals surface area (Å²) < 4.78 is 0. The largest absolute Gasteiger partial charge is 0.465 e. The lowest BCUT2D eigenvalue weighted by molar-refractivity contribution is -0.115. The first-order valence-corrected chi connectivity index (χ1v) is 11.3. The van der Waals surface area contributed by atoms with E-state index >= 15 is 0 Å². The number of anilines is 1. The van der Waals surface area contributed by atoms with Crippen LogP contribution in [0.25, 0.3) is 0 Å². The molecule has 2 aromatic heterocycles. The van der Waals surface area contributed by atoms with Crippen LogP contribution < -0.4 is 5.32 Å². The van der Waals surface area contributed by atoms with Crippen LogP contribution in [0.2, 0.25) is 0 Å². The molecule has 2 heterocycles. The molecule has 2 aliphatic rings. The van der Waals surface area contributed by atoms with E-state index in [0.29, 0.717) is 31.5 Å². The molecule has 0 saturated heterocycles. The summed E-state index contributed by atoms with van der Waals surface area (Å²) in [7, 11) is 0. The van der Waals surface area contributed by atoms with Crippen LogP contribution in [-0.2, 0) is 11.2 Å². The van der Waals surface area contributed by atoms with Gasteiger partial charge in [-0.05, 0) is 63.5 Å². The fourth-order valence-corrected chi connectivity index (χ4v) is 5.02. The van der Waals surface area contributed by atoms with Gasteiger partial charge < -0.3 is 20.4 Å². The Morgan fingerprint density at radius 2 is 1.91 bits per heavy atom. The number of aliphatic hydroxyl groups excluding tert-OH is 1. The Kier molecular flexibility index (Phi) is 6.74. The molecule has 0 aromatic carbocycles. The molecule has 4 rings (SSSR count). The Morgan fingerprint density at radius 1 is 1.16 bits per heavy atom. The number of carboxylic acid groups (broad SMARTS) is 1. The monoisotopic (exact) mass is 441 g/mol. The van der Waals surface area contributed by atoms with Gasteiger partial charge in [0.2, 0.25) is 5.91 Å². The second-order valence-corrected chi connectivity index (χ2v) is 9.06. The number of hydrogen-bond donors (Lipinski definition) is 4. The molecule has 0 bridgehead atoms. The summed E-state index contributed by atoms with van der Waals surface area (Å²) in [4.78, 5) is 30.2. The molecular weight excluding hydrogens is 410 g/mol. The van der Waals surface area contributed by atoms with Gasteiger partial charge in [0, 0.05) is 41.7 Å². The SMILES string of the molecule is Cc1ccc(CC(=O)Nc2cc([C@@H]3CC[C@H](N(C(=O)O)[C@H]4CC[C@H](O)CC4)C3)[nH]n2)cn1. The lowest BCUT2D eigenvalue weighted by Crippen LogP contribution is -2.47. The van der Waals surface area contributed by atoms with Crippen molar-refractivity contribution in [2.24, 2.45) is 0 Å². The molecule has 0 aliphatic heterocycles. The molecule has 9 heteroatoms. The lowest BCUT2D eigenvalue weighted by atomic mass is 9.91. The number of aromatic amines is 1. The number of nitrogens with zero attached hydrogens (tertiary/aromatic N) is 3. The topological polar surface area (TPSA) is 131 Å². The molecule has 2 aromatic rings. The molecule has 4 N–H and O–H groups in total. The van der Waals surface area contributed by atoms with Crippen molar-refractivity contribution in [3.05, 3.63) is 41.3 Å². The Bertz CT molecular complexity index is 936. The second kappa shape index (κ2) is 9.68. The molecule has 2 saturated carbocycles. The smallest absolute Gasteiger partial charge is 0.407 e. The summed E-state index contributed by atoms with van der Waals surface area (Å²) in [6.45, 7) is 1.90. The summed E-state index contributed by atoms with van der Waals surface area (Å²) in [5.41, 5.74) is 2.67. The Morgan fingerprint density at radius 3 is 2.59 bits per heavy atom. The lowest BCUT2D eigenvalue weighted by Gasteiger charge is -2.37. The fraction of sp³-hybridized carbons (Fsp3) is 0.565. The summed E-state index contributed by atoms with van der Waals surface area (Å²) in [6.07, 6.45) is 5.90. The summed E-state index contributed by atoms with van der Waals surface area (Å²) in [5.74, 6) is 0.495. The minimum atomic E-state index is -0.875. The maximum Gasteiger partial charge on any atom is 0.407 e. The average Bonchev–Trinajstić information content (AvgIpc) is 3.41. The van der Waals surface area contributed by atoms with E-state index < -0.39 is 6.09 Å². The van der Waals surface area contributed by atoms with Gasteiger partial charge in [-0.25, -0.2) is 4.79 Å². The zero-order valence-electron chi connectivity index (χ0n) is 18.3. The highest BCUT2D eigenvalue weighted by Gasteiger charge is 2.38. The molecule has 32 heavy (non-hydrogen) atoms. The molecule has 0 spiro atoms. The first kappa shape index (κ1) is 22.3. The van der Waals surface area contributed by atoms with E-state index in [-0.39, 0.29) is 36.4 Å². The molecule has 0 radical (unpaired) electrons. The highest BCUT2D eigenvalue weighted by atomic mass is 16.4. The normalized spacial score (nSPS) is 25.4. The molecule has 2 amide bonds. The molecular formula is C23H31N5O4. The van der Waals surface area contributed by atoms with Crippen molar-refractivity contribution >= 4 is 17.8 Å². The molecule has 2 aliphatic carbocycles. The predicted molar refractivity (Wildman–Crippen MR) is 118 cm³/mol. The van der Waals surface area contributed by atoms with Crippen molar-refractivity contribution in [1.82, 2.24) is 20.1 Å². The highest BCUT2D eigenvalue weighted by Crippen LogP contribution is 2.39. The van der Waals surface area contributed by atoms with E-state index in [2.05, 4.69) is 20.5 Å². The minimum absolute atomic E-state index is 0.0208. The van der Waals surface area contributed by atoms with Crippen molar-refractivity contribution in [2.45, 2.75) is 82.4 Å². The van der Waals surface area contributed by atoms with Gasteiger partial charge in [0.05, 0.1) is 12.5 Å². The summed E-state index contributed by atoms with van der Waals surface area (Å²) >= 11 is 0. The Hall–Kier alpha value is -2.94. The van der Waals surface area contributed by atoms with Crippen molar-refractivity contribution in [3.63, 3.8) is 0 Å². The zero-order valence-corrected chi connectivity index (χ0v) is 18.3. The van der Waals surface area contributed by atoms with Gasteiger partial charge in [-0.1, -0.05) is 6.07 Å². The van der Waals surface area contributed by atoms with Gasteiger partial charge in [-0.3, -0.25) is 14.9 Å². The molecule has 172 valence electrons. The zero-order chi connectivity index (χ0) is 22.7. The summed E-state index contributed by atoms with van der Waals surface area (Å²) in [6, 6.07) is 5.56. The van der Waals surface area contributed by atoms with E-state index in [9.17, 15) is 19.8 Å². The Labute approximate surface area is 187 Å². The number of rotatable bonds is 6. The van der Waals surface area contributed by atoms with Crippen LogP contribution in [0.5, 0.6) is 0 Å².